The lowest BCUT2D eigenvalue weighted by molar-refractivity contribution is -0.142. The number of carbonyl (C=O) groups excluding carboxylic acids is 3. The van der Waals surface area contributed by atoms with Crippen LogP contribution in [0.5, 0.6) is 0 Å². The van der Waals surface area contributed by atoms with Crippen LogP contribution >= 0.6 is 27.7 Å². The molecule has 7 atom stereocenters. The van der Waals surface area contributed by atoms with Crippen molar-refractivity contribution in [1.82, 2.24) is 20.4 Å². The lowest BCUT2D eigenvalue weighted by Crippen LogP contribution is -2.58. The van der Waals surface area contributed by atoms with Gasteiger partial charge in [0.05, 0.1) is 42.4 Å². The smallest absolute Gasteiger partial charge is 0.244 e. The number of halogens is 1. The zero-order valence-electron chi connectivity index (χ0n) is 24.1. The van der Waals surface area contributed by atoms with Gasteiger partial charge >= 0.3 is 0 Å². The Bertz CT molecular complexity index is 1300. The lowest BCUT2D eigenvalue weighted by Gasteiger charge is -2.37. The average molecular weight is 672 g/mol. The monoisotopic (exact) mass is 670 g/mol. The number of amides is 3. The first-order valence-electron chi connectivity index (χ1n) is 15.1. The van der Waals surface area contributed by atoms with Crippen LogP contribution in [0, 0.1) is 11.8 Å². The number of carbonyl (C=O) groups is 3. The first-order chi connectivity index (χ1) is 20.9. The predicted octanol–water partition coefficient (Wildman–Crippen LogP) is 1.82. The van der Waals surface area contributed by atoms with Crippen molar-refractivity contribution >= 4 is 45.4 Å². The normalized spacial score (nSPS) is 30.7. The second-order valence-corrected chi connectivity index (χ2v) is 14.6. The molecule has 6 rings (SSSR count). The summed E-state index contributed by atoms with van der Waals surface area (Å²) in [5.41, 5.74) is 1.96. The molecule has 0 radical (unpaired) electrons. The first-order valence-corrected chi connectivity index (χ1v) is 16.9. The van der Waals surface area contributed by atoms with E-state index in [1.54, 1.807) is 16.7 Å². The minimum Gasteiger partial charge on any atom is -0.394 e. The van der Waals surface area contributed by atoms with Crippen molar-refractivity contribution in [2.75, 3.05) is 46.0 Å². The molecule has 3 unspecified atom stereocenters. The van der Waals surface area contributed by atoms with Gasteiger partial charge < -0.3 is 25.4 Å². The number of aliphatic hydroxyl groups is 1. The number of likely N-dealkylation sites (tertiary alicyclic amines) is 1. The minimum absolute atomic E-state index is 0.0145. The topological polar surface area (TPSA) is 111 Å². The molecule has 2 aromatic rings. The quantitative estimate of drug-likeness (QED) is 0.313. The SMILES string of the molecule is O=C(NCCN1CCOCC1)C1N([C@@H](CO)Cc2ccccc2)C(=O)[C@@H]2[C@@H](C(=O)NCc3ccccc3)[C@@H]3SC12CC3Br. The van der Waals surface area contributed by atoms with Crippen LogP contribution in [0.2, 0.25) is 0 Å². The van der Waals surface area contributed by atoms with E-state index in [1.165, 1.54) is 0 Å². The largest absolute Gasteiger partial charge is 0.394 e. The Morgan fingerprint density at radius 2 is 1.70 bits per heavy atom. The molecule has 1 spiro atoms. The van der Waals surface area contributed by atoms with Crippen molar-refractivity contribution in [2.45, 2.75) is 46.3 Å². The van der Waals surface area contributed by atoms with Crippen molar-refractivity contribution in [3.8, 4) is 0 Å². The highest BCUT2D eigenvalue weighted by molar-refractivity contribution is 9.09. The summed E-state index contributed by atoms with van der Waals surface area (Å²) in [4.78, 5) is 46.4. The van der Waals surface area contributed by atoms with Gasteiger partial charge in [-0.25, -0.2) is 0 Å². The van der Waals surface area contributed by atoms with E-state index in [2.05, 4.69) is 31.5 Å². The molecule has 2 bridgehead atoms. The second-order valence-electron chi connectivity index (χ2n) is 11.9. The number of nitrogens with zero attached hydrogens (tertiary/aromatic N) is 2. The van der Waals surface area contributed by atoms with Gasteiger partial charge in [-0.3, -0.25) is 19.3 Å². The molecule has 2 aromatic carbocycles. The summed E-state index contributed by atoms with van der Waals surface area (Å²) in [5, 5.41) is 16.7. The summed E-state index contributed by atoms with van der Waals surface area (Å²) in [6, 6.07) is 18.0. The van der Waals surface area contributed by atoms with Crippen LogP contribution in [0.3, 0.4) is 0 Å². The zero-order chi connectivity index (χ0) is 30.0. The van der Waals surface area contributed by atoms with Gasteiger partial charge in [0.25, 0.3) is 0 Å². The van der Waals surface area contributed by atoms with Crippen LogP contribution in [0.1, 0.15) is 17.5 Å². The molecule has 0 aromatic heterocycles. The van der Waals surface area contributed by atoms with Gasteiger partial charge in [-0.2, -0.15) is 0 Å². The van der Waals surface area contributed by atoms with Crippen LogP contribution in [0.4, 0.5) is 0 Å². The fourth-order valence-electron chi connectivity index (χ4n) is 7.36. The number of nitrogens with one attached hydrogen (secondary N) is 2. The Morgan fingerprint density at radius 1 is 1.02 bits per heavy atom. The van der Waals surface area contributed by atoms with Gasteiger partial charge in [0.2, 0.25) is 17.7 Å². The molecule has 0 saturated carbocycles. The molecule has 4 aliphatic heterocycles. The fraction of sp³-hybridized carbons (Fsp3) is 0.531. The Hall–Kier alpha value is -2.44. The maximum atomic E-state index is 14.5. The Labute approximate surface area is 265 Å². The molecule has 4 heterocycles. The molecule has 4 fully saturated rings. The van der Waals surface area contributed by atoms with E-state index in [-0.39, 0.29) is 34.4 Å². The summed E-state index contributed by atoms with van der Waals surface area (Å²) >= 11 is 5.45. The highest BCUT2D eigenvalue weighted by Crippen LogP contribution is 2.68. The van der Waals surface area contributed by atoms with E-state index in [0.29, 0.717) is 45.7 Å². The van der Waals surface area contributed by atoms with Gasteiger partial charge in [-0.1, -0.05) is 76.6 Å². The predicted molar refractivity (Wildman–Crippen MR) is 169 cm³/mol. The number of ether oxygens (including phenoxy) is 1. The lowest BCUT2D eigenvalue weighted by atomic mass is 9.70. The van der Waals surface area contributed by atoms with Gasteiger partial charge in [0.1, 0.15) is 6.04 Å². The number of thioether (sulfide) groups is 1. The molecule has 0 aliphatic carbocycles. The third-order valence-corrected chi connectivity index (χ3v) is 12.6. The number of alkyl halides is 1. The third kappa shape index (κ3) is 5.99. The molecule has 4 saturated heterocycles. The molecule has 11 heteroatoms. The number of rotatable bonds is 11. The Kier molecular flexibility index (Phi) is 9.44. The molecule has 230 valence electrons. The van der Waals surface area contributed by atoms with Crippen molar-refractivity contribution in [2.24, 2.45) is 11.8 Å². The number of aliphatic hydroxyl groups excluding tert-OH is 1. The van der Waals surface area contributed by atoms with Gasteiger partial charge in [0.15, 0.2) is 0 Å². The number of benzene rings is 2. The van der Waals surface area contributed by atoms with Crippen LogP contribution < -0.4 is 10.6 Å². The van der Waals surface area contributed by atoms with E-state index in [0.717, 1.165) is 24.2 Å². The Morgan fingerprint density at radius 3 is 2.37 bits per heavy atom. The zero-order valence-corrected chi connectivity index (χ0v) is 26.5. The molecular weight excluding hydrogens is 632 g/mol. The van der Waals surface area contributed by atoms with Crippen molar-refractivity contribution in [3.05, 3.63) is 71.8 Å². The van der Waals surface area contributed by atoms with Crippen LogP contribution in [0.15, 0.2) is 60.7 Å². The standard InChI is InChI=1S/C32H39BrN4O5S/c33-24-18-32-26(25(27(24)43-32)29(39)35-19-22-9-5-2-6-10-22)31(41)37(23(20-38)17-21-7-3-1-4-8-21)28(32)30(40)34-11-12-36-13-15-42-16-14-36/h1-10,23-28,38H,11-20H2,(H,34,40)(H,35,39)/t23-,24?,25-,26+,27-,28?,32?/m1/s1. The summed E-state index contributed by atoms with van der Waals surface area (Å²) in [6.45, 7) is 4.24. The molecule has 3 amide bonds. The number of fused-ring (bicyclic) bond motifs is 1. The highest BCUT2D eigenvalue weighted by Gasteiger charge is 2.76. The molecule has 3 N–H and O–H groups in total. The molecular formula is C32H39BrN4O5S. The van der Waals surface area contributed by atoms with Crippen molar-refractivity contribution in [1.29, 1.82) is 0 Å². The summed E-state index contributed by atoms with van der Waals surface area (Å²) < 4.78 is 4.68. The summed E-state index contributed by atoms with van der Waals surface area (Å²) in [7, 11) is 0. The van der Waals surface area contributed by atoms with E-state index in [9.17, 15) is 19.5 Å². The van der Waals surface area contributed by atoms with Crippen molar-refractivity contribution in [3.63, 3.8) is 0 Å². The second kappa shape index (κ2) is 13.3. The number of hydrogen-bond acceptors (Lipinski definition) is 7. The van der Waals surface area contributed by atoms with E-state index in [4.69, 9.17) is 4.74 Å². The summed E-state index contributed by atoms with van der Waals surface area (Å²) in [6.07, 6.45) is 1.02. The number of hydrogen-bond donors (Lipinski definition) is 3. The minimum atomic E-state index is -0.794. The van der Waals surface area contributed by atoms with E-state index >= 15 is 0 Å². The van der Waals surface area contributed by atoms with Crippen LogP contribution in [-0.4, -0.2) is 106 Å². The van der Waals surface area contributed by atoms with Crippen molar-refractivity contribution < 1.29 is 24.2 Å². The van der Waals surface area contributed by atoms with Crippen LogP contribution in [0.25, 0.3) is 0 Å². The third-order valence-electron chi connectivity index (χ3n) is 9.34. The molecule has 43 heavy (non-hydrogen) atoms. The highest BCUT2D eigenvalue weighted by atomic mass is 79.9. The van der Waals surface area contributed by atoms with E-state index < -0.39 is 28.7 Å². The van der Waals surface area contributed by atoms with Gasteiger partial charge in [-0.05, 0) is 24.0 Å². The van der Waals surface area contributed by atoms with E-state index in [1.807, 2.05) is 60.7 Å². The Balaban J connectivity index is 1.28. The van der Waals surface area contributed by atoms with Gasteiger partial charge in [-0.15, -0.1) is 11.8 Å². The molecule has 9 nitrogen and oxygen atoms in total. The molecule has 4 aliphatic rings. The average Bonchev–Trinajstić information content (AvgIpc) is 3.63. The first kappa shape index (κ1) is 30.6. The maximum absolute atomic E-state index is 14.5. The van der Waals surface area contributed by atoms with Crippen LogP contribution in [-0.2, 0) is 32.1 Å². The summed E-state index contributed by atoms with van der Waals surface area (Å²) in [5.74, 6) is -1.81. The maximum Gasteiger partial charge on any atom is 0.244 e. The number of morpholine rings is 1. The fourth-order valence-corrected chi connectivity index (χ4v) is 11.0. The van der Waals surface area contributed by atoms with Gasteiger partial charge in [0, 0.05) is 42.8 Å².